The molecule has 1 aromatic heterocycles. The summed E-state index contributed by atoms with van der Waals surface area (Å²) in [5.41, 5.74) is 0.938. The fourth-order valence-corrected chi connectivity index (χ4v) is 3.51. The second-order valence-corrected chi connectivity index (χ2v) is 6.28. The van der Waals surface area contributed by atoms with E-state index in [0.29, 0.717) is 17.7 Å². The Balaban J connectivity index is 1.52. The molecule has 2 N–H and O–H groups in total. The predicted molar refractivity (Wildman–Crippen MR) is 83.1 cm³/mol. The molecule has 1 heterocycles. The van der Waals surface area contributed by atoms with Gasteiger partial charge in [-0.15, -0.1) is 0 Å². The molecule has 1 fully saturated rings. The van der Waals surface area contributed by atoms with Gasteiger partial charge in [-0.05, 0) is 25.0 Å². The van der Waals surface area contributed by atoms with Crippen LogP contribution in [0.4, 0.5) is 5.13 Å². The summed E-state index contributed by atoms with van der Waals surface area (Å²) in [6.07, 6.45) is 6.26. The summed E-state index contributed by atoms with van der Waals surface area (Å²) in [7, 11) is 0. The summed E-state index contributed by atoms with van der Waals surface area (Å²) in [6, 6.07) is 8.42. The van der Waals surface area contributed by atoms with Crippen LogP contribution in [0.15, 0.2) is 24.3 Å². The fourth-order valence-electron chi connectivity index (χ4n) is 2.63. The van der Waals surface area contributed by atoms with Crippen molar-refractivity contribution in [1.82, 2.24) is 10.3 Å². The van der Waals surface area contributed by atoms with E-state index in [1.807, 2.05) is 24.3 Å². The Bertz CT molecular complexity index is 557. The molecule has 0 radical (unpaired) electrons. The van der Waals surface area contributed by atoms with E-state index in [4.69, 9.17) is 0 Å². The highest BCUT2D eigenvalue weighted by atomic mass is 32.1. The van der Waals surface area contributed by atoms with Crippen molar-refractivity contribution in [2.45, 2.75) is 38.1 Å². The lowest BCUT2D eigenvalue weighted by molar-refractivity contribution is -0.115. The van der Waals surface area contributed by atoms with E-state index in [9.17, 15) is 4.79 Å². The lowest BCUT2D eigenvalue weighted by Gasteiger charge is -2.22. The number of aromatic nitrogens is 1. The minimum atomic E-state index is -0.00497. The normalized spacial score (nSPS) is 16.4. The van der Waals surface area contributed by atoms with Crippen LogP contribution in [-0.2, 0) is 4.79 Å². The first-order valence-corrected chi connectivity index (χ1v) is 8.02. The van der Waals surface area contributed by atoms with Gasteiger partial charge in [0.2, 0.25) is 5.91 Å². The van der Waals surface area contributed by atoms with Crippen molar-refractivity contribution in [2.75, 3.05) is 11.9 Å². The van der Waals surface area contributed by atoms with Gasteiger partial charge in [-0.1, -0.05) is 42.7 Å². The maximum absolute atomic E-state index is 11.9. The Morgan fingerprint density at radius 2 is 2.05 bits per heavy atom. The molecule has 0 unspecified atom stereocenters. The number of nitrogens with one attached hydrogen (secondary N) is 2. The van der Waals surface area contributed by atoms with Crippen molar-refractivity contribution >= 4 is 32.6 Å². The number of anilines is 1. The summed E-state index contributed by atoms with van der Waals surface area (Å²) < 4.78 is 1.10. The summed E-state index contributed by atoms with van der Waals surface area (Å²) in [5.74, 6) is -0.00497. The monoisotopic (exact) mass is 289 g/mol. The lowest BCUT2D eigenvalue weighted by atomic mass is 9.95. The van der Waals surface area contributed by atoms with Crippen LogP contribution in [-0.4, -0.2) is 23.5 Å². The van der Waals surface area contributed by atoms with Crippen molar-refractivity contribution in [3.63, 3.8) is 0 Å². The van der Waals surface area contributed by atoms with Gasteiger partial charge in [-0.3, -0.25) is 4.79 Å². The number of benzene rings is 1. The van der Waals surface area contributed by atoms with Gasteiger partial charge in [0.15, 0.2) is 5.13 Å². The smallest absolute Gasteiger partial charge is 0.240 e. The van der Waals surface area contributed by atoms with E-state index in [2.05, 4.69) is 15.6 Å². The third kappa shape index (κ3) is 3.35. The Kier molecular flexibility index (Phi) is 4.28. The first-order valence-electron chi connectivity index (χ1n) is 7.20. The number of rotatable bonds is 4. The maximum atomic E-state index is 11.9. The molecule has 3 rings (SSSR count). The van der Waals surface area contributed by atoms with Gasteiger partial charge in [0.1, 0.15) is 0 Å². The highest BCUT2D eigenvalue weighted by molar-refractivity contribution is 7.22. The van der Waals surface area contributed by atoms with Crippen LogP contribution >= 0.6 is 11.3 Å². The number of carbonyl (C=O) groups excluding carboxylic acids is 1. The second-order valence-electron chi connectivity index (χ2n) is 5.25. The first-order chi connectivity index (χ1) is 9.81. The third-order valence-electron chi connectivity index (χ3n) is 3.70. The average Bonchev–Trinajstić information content (AvgIpc) is 2.88. The van der Waals surface area contributed by atoms with Crippen molar-refractivity contribution < 1.29 is 4.79 Å². The summed E-state index contributed by atoms with van der Waals surface area (Å²) in [6.45, 7) is 0.376. The molecular formula is C15H19N3OS. The van der Waals surface area contributed by atoms with Crippen LogP contribution in [0.3, 0.4) is 0 Å². The van der Waals surface area contributed by atoms with Gasteiger partial charge in [0.05, 0.1) is 16.8 Å². The molecule has 106 valence electrons. The van der Waals surface area contributed by atoms with Crippen molar-refractivity contribution in [1.29, 1.82) is 0 Å². The van der Waals surface area contributed by atoms with E-state index in [1.165, 1.54) is 43.4 Å². The molecule has 2 aromatic rings. The van der Waals surface area contributed by atoms with Gasteiger partial charge in [-0.2, -0.15) is 0 Å². The molecule has 5 heteroatoms. The zero-order valence-electron chi connectivity index (χ0n) is 11.4. The van der Waals surface area contributed by atoms with Crippen molar-refractivity contribution in [2.24, 2.45) is 0 Å². The molecule has 1 aliphatic carbocycles. The third-order valence-corrected chi connectivity index (χ3v) is 4.65. The molecule has 20 heavy (non-hydrogen) atoms. The SMILES string of the molecule is O=C(CNC1CCCCC1)Nc1nc2ccccc2s1. The van der Waals surface area contributed by atoms with E-state index < -0.39 is 0 Å². The first kappa shape index (κ1) is 13.5. The number of nitrogens with zero attached hydrogens (tertiary/aromatic N) is 1. The Morgan fingerprint density at radius 1 is 1.25 bits per heavy atom. The van der Waals surface area contributed by atoms with E-state index >= 15 is 0 Å². The molecule has 0 bridgehead atoms. The van der Waals surface area contributed by atoms with Gasteiger partial charge in [-0.25, -0.2) is 4.98 Å². The van der Waals surface area contributed by atoms with Crippen molar-refractivity contribution in [3.8, 4) is 0 Å². The molecule has 0 aliphatic heterocycles. The van der Waals surface area contributed by atoms with Crippen LogP contribution in [0.5, 0.6) is 0 Å². The van der Waals surface area contributed by atoms with Crippen LogP contribution < -0.4 is 10.6 Å². The fraction of sp³-hybridized carbons (Fsp3) is 0.467. The molecule has 0 saturated heterocycles. The summed E-state index contributed by atoms with van der Waals surface area (Å²) in [4.78, 5) is 16.3. The van der Waals surface area contributed by atoms with E-state index in [-0.39, 0.29) is 5.91 Å². The molecule has 1 amide bonds. The van der Waals surface area contributed by atoms with Gasteiger partial charge in [0, 0.05) is 6.04 Å². The molecule has 4 nitrogen and oxygen atoms in total. The molecule has 0 spiro atoms. The maximum Gasteiger partial charge on any atom is 0.240 e. The second kappa shape index (κ2) is 6.33. The van der Waals surface area contributed by atoms with Crippen LogP contribution in [0.2, 0.25) is 0 Å². The number of amides is 1. The van der Waals surface area contributed by atoms with Crippen LogP contribution in [0, 0.1) is 0 Å². The predicted octanol–water partition coefficient (Wildman–Crippen LogP) is 3.16. The zero-order valence-corrected chi connectivity index (χ0v) is 12.2. The lowest BCUT2D eigenvalue weighted by Crippen LogP contribution is -2.37. The quantitative estimate of drug-likeness (QED) is 0.909. The van der Waals surface area contributed by atoms with E-state index in [1.54, 1.807) is 0 Å². The van der Waals surface area contributed by atoms with E-state index in [0.717, 1.165) is 10.2 Å². The molecule has 0 atom stereocenters. The van der Waals surface area contributed by atoms with Gasteiger partial charge >= 0.3 is 0 Å². The minimum Gasteiger partial charge on any atom is -0.306 e. The van der Waals surface area contributed by atoms with Crippen molar-refractivity contribution in [3.05, 3.63) is 24.3 Å². The molecule has 1 aliphatic rings. The number of hydrogen-bond donors (Lipinski definition) is 2. The largest absolute Gasteiger partial charge is 0.306 e. The molecule has 1 aromatic carbocycles. The van der Waals surface area contributed by atoms with Gasteiger partial charge in [0.25, 0.3) is 0 Å². The number of thiazole rings is 1. The molecular weight excluding hydrogens is 270 g/mol. The zero-order chi connectivity index (χ0) is 13.8. The average molecular weight is 289 g/mol. The Labute approximate surface area is 122 Å². The Hall–Kier alpha value is -1.46. The number of hydrogen-bond acceptors (Lipinski definition) is 4. The summed E-state index contributed by atoms with van der Waals surface area (Å²) in [5, 5.41) is 6.90. The number of carbonyl (C=O) groups is 1. The number of para-hydroxylation sites is 1. The summed E-state index contributed by atoms with van der Waals surface area (Å²) >= 11 is 1.52. The topological polar surface area (TPSA) is 54.0 Å². The minimum absolute atomic E-state index is 0.00497. The molecule has 1 saturated carbocycles. The Morgan fingerprint density at radius 3 is 2.85 bits per heavy atom. The number of fused-ring (bicyclic) bond motifs is 1. The van der Waals surface area contributed by atoms with Crippen LogP contribution in [0.25, 0.3) is 10.2 Å². The highest BCUT2D eigenvalue weighted by Crippen LogP contribution is 2.25. The van der Waals surface area contributed by atoms with Gasteiger partial charge < -0.3 is 10.6 Å². The standard InChI is InChI=1S/C15H19N3OS/c19-14(10-16-11-6-2-1-3-7-11)18-15-17-12-8-4-5-9-13(12)20-15/h4-5,8-9,11,16H,1-3,6-7,10H2,(H,17,18,19). The highest BCUT2D eigenvalue weighted by Gasteiger charge is 2.14. The van der Waals surface area contributed by atoms with Crippen LogP contribution in [0.1, 0.15) is 32.1 Å².